The lowest BCUT2D eigenvalue weighted by molar-refractivity contribution is -0.137. The average molecular weight is 289 g/mol. The van der Waals surface area contributed by atoms with Gasteiger partial charge >= 0.3 is 0 Å². The fraction of sp³-hybridized carbons (Fsp3) is 0.625. The third-order valence-electron chi connectivity index (χ3n) is 4.65. The number of aryl methyl sites for hydroxylation is 1. The zero-order valence-electron chi connectivity index (χ0n) is 12.6. The number of hydrogen-bond donors (Lipinski definition) is 1. The highest BCUT2D eigenvalue weighted by Crippen LogP contribution is 2.37. The number of likely N-dealkylation sites (tertiary alicyclic amines) is 1. The van der Waals surface area contributed by atoms with E-state index < -0.39 is 0 Å². The summed E-state index contributed by atoms with van der Waals surface area (Å²) in [6.45, 7) is 6.06. The SMILES string of the molecule is Cc1cnccc1NCCN1CC2(CCOC2)CCC1=O. The highest BCUT2D eigenvalue weighted by molar-refractivity contribution is 5.77. The minimum Gasteiger partial charge on any atom is -0.383 e. The maximum atomic E-state index is 12.1. The molecule has 3 heterocycles. The van der Waals surface area contributed by atoms with E-state index in [9.17, 15) is 4.79 Å². The van der Waals surface area contributed by atoms with Gasteiger partial charge in [0.05, 0.1) is 6.61 Å². The number of pyridine rings is 1. The summed E-state index contributed by atoms with van der Waals surface area (Å²) in [5.74, 6) is 0.278. The molecule has 0 aromatic carbocycles. The molecule has 21 heavy (non-hydrogen) atoms. The van der Waals surface area contributed by atoms with Crippen LogP contribution in [0.2, 0.25) is 0 Å². The van der Waals surface area contributed by atoms with Crippen molar-refractivity contribution >= 4 is 11.6 Å². The van der Waals surface area contributed by atoms with Crippen molar-refractivity contribution in [1.29, 1.82) is 0 Å². The topological polar surface area (TPSA) is 54.5 Å². The Bertz CT molecular complexity index is 512. The van der Waals surface area contributed by atoms with Crippen LogP contribution in [0.25, 0.3) is 0 Å². The van der Waals surface area contributed by atoms with Crippen LogP contribution in [0.5, 0.6) is 0 Å². The van der Waals surface area contributed by atoms with Crippen molar-refractivity contribution < 1.29 is 9.53 Å². The van der Waals surface area contributed by atoms with Gasteiger partial charge in [0.25, 0.3) is 0 Å². The van der Waals surface area contributed by atoms with E-state index in [1.54, 1.807) is 6.20 Å². The lowest BCUT2D eigenvalue weighted by Gasteiger charge is -2.39. The molecule has 114 valence electrons. The lowest BCUT2D eigenvalue weighted by atomic mass is 9.79. The van der Waals surface area contributed by atoms with Gasteiger partial charge in [0.2, 0.25) is 5.91 Å². The maximum Gasteiger partial charge on any atom is 0.222 e. The summed E-state index contributed by atoms with van der Waals surface area (Å²) in [4.78, 5) is 18.2. The molecule has 0 aliphatic carbocycles. The summed E-state index contributed by atoms with van der Waals surface area (Å²) in [7, 11) is 0. The normalized spacial score (nSPS) is 25.6. The van der Waals surface area contributed by atoms with Crippen molar-refractivity contribution in [2.45, 2.75) is 26.2 Å². The van der Waals surface area contributed by atoms with E-state index in [2.05, 4.69) is 10.3 Å². The Balaban J connectivity index is 1.54. The second kappa shape index (κ2) is 6.02. The van der Waals surface area contributed by atoms with Gasteiger partial charge in [-0.1, -0.05) is 0 Å². The molecule has 5 heteroatoms. The monoisotopic (exact) mass is 289 g/mol. The molecule has 1 amide bonds. The van der Waals surface area contributed by atoms with Crippen molar-refractivity contribution in [3.63, 3.8) is 0 Å². The quantitative estimate of drug-likeness (QED) is 0.919. The van der Waals surface area contributed by atoms with Gasteiger partial charge in [-0.3, -0.25) is 9.78 Å². The zero-order chi connectivity index (χ0) is 14.7. The van der Waals surface area contributed by atoms with Gasteiger partial charge in [0, 0.05) is 56.2 Å². The number of anilines is 1. The molecule has 1 atom stereocenters. The van der Waals surface area contributed by atoms with Crippen LogP contribution in [0.1, 0.15) is 24.8 Å². The van der Waals surface area contributed by atoms with E-state index in [4.69, 9.17) is 4.74 Å². The van der Waals surface area contributed by atoms with Crippen LogP contribution >= 0.6 is 0 Å². The van der Waals surface area contributed by atoms with Crippen LogP contribution in [0.15, 0.2) is 18.5 Å². The molecule has 1 unspecified atom stereocenters. The Labute approximate surface area is 125 Å². The molecule has 1 aromatic heterocycles. The number of ether oxygens (including phenoxy) is 1. The van der Waals surface area contributed by atoms with Gasteiger partial charge in [-0.2, -0.15) is 0 Å². The standard InChI is InChI=1S/C16H23N3O2/c1-13-10-17-6-3-14(13)18-7-8-19-11-16(4-2-15(19)20)5-9-21-12-16/h3,6,10H,2,4-5,7-9,11-12H2,1H3,(H,17,18). The van der Waals surface area contributed by atoms with E-state index in [0.29, 0.717) is 6.42 Å². The Kier molecular flexibility index (Phi) is 4.10. The van der Waals surface area contributed by atoms with Crippen molar-refractivity contribution in [1.82, 2.24) is 9.88 Å². The molecule has 2 aliphatic rings. The van der Waals surface area contributed by atoms with Crippen LogP contribution < -0.4 is 5.32 Å². The van der Waals surface area contributed by atoms with Gasteiger partial charge < -0.3 is 15.0 Å². The van der Waals surface area contributed by atoms with Crippen LogP contribution in [-0.4, -0.2) is 48.6 Å². The van der Waals surface area contributed by atoms with E-state index in [1.807, 2.05) is 24.1 Å². The van der Waals surface area contributed by atoms with Crippen LogP contribution in [0, 0.1) is 12.3 Å². The maximum absolute atomic E-state index is 12.1. The third kappa shape index (κ3) is 3.18. The molecule has 2 saturated heterocycles. The largest absolute Gasteiger partial charge is 0.383 e. The molecule has 0 saturated carbocycles. The highest BCUT2D eigenvalue weighted by atomic mass is 16.5. The zero-order valence-corrected chi connectivity index (χ0v) is 12.6. The third-order valence-corrected chi connectivity index (χ3v) is 4.65. The van der Waals surface area contributed by atoms with E-state index in [-0.39, 0.29) is 11.3 Å². The van der Waals surface area contributed by atoms with Gasteiger partial charge in [0.15, 0.2) is 0 Å². The Morgan fingerprint density at radius 3 is 3.14 bits per heavy atom. The molecular formula is C16H23N3O2. The molecule has 5 nitrogen and oxygen atoms in total. The molecular weight excluding hydrogens is 266 g/mol. The molecule has 3 rings (SSSR count). The lowest BCUT2D eigenvalue weighted by Crippen LogP contribution is -2.48. The minimum atomic E-state index is 0.223. The molecule has 0 bridgehead atoms. The van der Waals surface area contributed by atoms with Gasteiger partial charge in [-0.15, -0.1) is 0 Å². The van der Waals surface area contributed by atoms with Crippen LogP contribution in [0.4, 0.5) is 5.69 Å². The number of aromatic nitrogens is 1. The van der Waals surface area contributed by atoms with Crippen molar-refractivity contribution in [3.05, 3.63) is 24.0 Å². The first-order valence-corrected chi connectivity index (χ1v) is 7.69. The molecule has 1 aromatic rings. The molecule has 0 radical (unpaired) electrons. The highest BCUT2D eigenvalue weighted by Gasteiger charge is 2.41. The fourth-order valence-electron chi connectivity index (χ4n) is 3.27. The number of nitrogens with zero attached hydrogens (tertiary/aromatic N) is 2. The Morgan fingerprint density at radius 2 is 2.38 bits per heavy atom. The summed E-state index contributed by atoms with van der Waals surface area (Å²) in [5, 5.41) is 3.39. The molecule has 2 aliphatic heterocycles. The van der Waals surface area contributed by atoms with Gasteiger partial charge in [-0.25, -0.2) is 0 Å². The number of hydrogen-bond acceptors (Lipinski definition) is 4. The number of carbonyl (C=O) groups is 1. The van der Waals surface area contributed by atoms with Crippen molar-refractivity contribution in [3.8, 4) is 0 Å². The predicted molar refractivity (Wildman–Crippen MR) is 81.1 cm³/mol. The van der Waals surface area contributed by atoms with E-state index >= 15 is 0 Å². The van der Waals surface area contributed by atoms with Gasteiger partial charge in [-0.05, 0) is 31.4 Å². The predicted octanol–water partition coefficient (Wildman–Crippen LogP) is 1.83. The van der Waals surface area contributed by atoms with Crippen LogP contribution in [0.3, 0.4) is 0 Å². The first kappa shape index (κ1) is 14.3. The number of piperidine rings is 1. The number of rotatable bonds is 4. The summed E-state index contributed by atoms with van der Waals surface area (Å²) < 4.78 is 5.55. The van der Waals surface area contributed by atoms with E-state index in [1.165, 1.54) is 0 Å². The van der Waals surface area contributed by atoms with Crippen LogP contribution in [-0.2, 0) is 9.53 Å². The molecule has 2 fully saturated rings. The summed E-state index contributed by atoms with van der Waals surface area (Å²) in [6, 6.07) is 1.97. The molecule has 1 spiro atoms. The number of nitrogens with one attached hydrogen (secondary N) is 1. The van der Waals surface area contributed by atoms with Gasteiger partial charge in [0.1, 0.15) is 0 Å². The second-order valence-corrected chi connectivity index (χ2v) is 6.24. The van der Waals surface area contributed by atoms with Crippen molar-refractivity contribution in [2.24, 2.45) is 5.41 Å². The first-order valence-electron chi connectivity index (χ1n) is 7.69. The Morgan fingerprint density at radius 1 is 1.48 bits per heavy atom. The fourth-order valence-corrected chi connectivity index (χ4v) is 3.27. The average Bonchev–Trinajstić information content (AvgIpc) is 2.93. The smallest absolute Gasteiger partial charge is 0.222 e. The van der Waals surface area contributed by atoms with E-state index in [0.717, 1.165) is 56.9 Å². The number of amides is 1. The van der Waals surface area contributed by atoms with Crippen molar-refractivity contribution in [2.75, 3.05) is 38.2 Å². The summed E-state index contributed by atoms with van der Waals surface area (Å²) >= 11 is 0. The second-order valence-electron chi connectivity index (χ2n) is 6.24. The summed E-state index contributed by atoms with van der Waals surface area (Å²) in [6.07, 6.45) is 6.37. The molecule has 1 N–H and O–H groups in total. The minimum absolute atomic E-state index is 0.223. The summed E-state index contributed by atoms with van der Waals surface area (Å²) in [5.41, 5.74) is 2.44. The first-order chi connectivity index (χ1) is 10.2. The number of carbonyl (C=O) groups excluding carboxylic acids is 1. The Hall–Kier alpha value is -1.62.